The van der Waals surface area contributed by atoms with Gasteiger partial charge in [-0.2, -0.15) is 0 Å². The van der Waals surface area contributed by atoms with Gasteiger partial charge < -0.3 is 9.64 Å². The van der Waals surface area contributed by atoms with Crippen LogP contribution >= 0.6 is 11.6 Å². The van der Waals surface area contributed by atoms with Gasteiger partial charge in [0.1, 0.15) is 6.04 Å². The van der Waals surface area contributed by atoms with Crippen molar-refractivity contribution in [3.8, 4) is 0 Å². The molecule has 0 spiro atoms. The molecule has 2 heterocycles. The van der Waals surface area contributed by atoms with Crippen LogP contribution in [-0.4, -0.2) is 30.6 Å². The molecule has 2 aromatic rings. The number of halogens is 1. The van der Waals surface area contributed by atoms with E-state index < -0.39 is 0 Å². The normalized spacial score (nSPS) is 18.8. The van der Waals surface area contributed by atoms with E-state index in [0.29, 0.717) is 5.02 Å². The maximum Gasteiger partial charge on any atom is 0.328 e. The predicted molar refractivity (Wildman–Crippen MR) is 83.8 cm³/mol. The Labute approximate surface area is 128 Å². The van der Waals surface area contributed by atoms with Crippen molar-refractivity contribution in [3.63, 3.8) is 0 Å². The molecule has 1 saturated heterocycles. The van der Waals surface area contributed by atoms with Gasteiger partial charge in [-0.05, 0) is 43.5 Å². The summed E-state index contributed by atoms with van der Waals surface area (Å²) in [5.74, 6) is -0.173. The summed E-state index contributed by atoms with van der Waals surface area (Å²) in [6.07, 6.45) is 4.71. The Morgan fingerprint density at radius 2 is 2.24 bits per heavy atom. The van der Waals surface area contributed by atoms with Crippen molar-refractivity contribution in [2.75, 3.05) is 18.6 Å². The molecule has 0 bridgehead atoms. The zero-order chi connectivity index (χ0) is 14.8. The van der Waals surface area contributed by atoms with E-state index in [2.05, 4.69) is 9.88 Å². The van der Waals surface area contributed by atoms with E-state index in [1.54, 1.807) is 6.20 Å². The highest BCUT2D eigenvalue weighted by molar-refractivity contribution is 6.31. The van der Waals surface area contributed by atoms with Crippen LogP contribution in [0.5, 0.6) is 0 Å². The van der Waals surface area contributed by atoms with Crippen molar-refractivity contribution in [2.45, 2.75) is 25.3 Å². The molecule has 0 saturated carbocycles. The van der Waals surface area contributed by atoms with E-state index >= 15 is 0 Å². The lowest BCUT2D eigenvalue weighted by molar-refractivity contribution is -0.142. The maximum atomic E-state index is 12.0. The molecule has 1 fully saturated rings. The fourth-order valence-corrected chi connectivity index (χ4v) is 3.12. The summed E-state index contributed by atoms with van der Waals surface area (Å²) in [5.41, 5.74) is 1.86. The van der Waals surface area contributed by atoms with E-state index in [0.717, 1.165) is 42.4 Å². The van der Waals surface area contributed by atoms with E-state index in [-0.39, 0.29) is 12.0 Å². The summed E-state index contributed by atoms with van der Waals surface area (Å²) in [6, 6.07) is 7.40. The molecule has 1 unspecified atom stereocenters. The summed E-state index contributed by atoms with van der Waals surface area (Å²) >= 11 is 6.03. The largest absolute Gasteiger partial charge is 0.467 e. The van der Waals surface area contributed by atoms with Gasteiger partial charge >= 0.3 is 5.97 Å². The second-order valence-electron chi connectivity index (χ2n) is 5.22. The number of anilines is 1. The number of piperidine rings is 1. The number of esters is 1. The average molecular weight is 305 g/mol. The molecule has 0 radical (unpaired) electrons. The number of methoxy groups -OCH3 is 1. The number of ether oxygens (including phenoxy) is 1. The minimum Gasteiger partial charge on any atom is -0.467 e. The molecule has 1 aliphatic rings. The third kappa shape index (κ3) is 2.68. The number of fused-ring (bicyclic) bond motifs is 1. The number of nitrogens with zero attached hydrogens (tertiary/aromatic N) is 2. The molecule has 0 N–H and O–H groups in total. The highest BCUT2D eigenvalue weighted by Crippen LogP contribution is 2.32. The lowest BCUT2D eigenvalue weighted by atomic mass is 10.0. The number of rotatable bonds is 2. The molecule has 5 heteroatoms. The molecule has 1 aromatic heterocycles. The predicted octanol–water partition coefficient (Wildman–Crippen LogP) is 3.42. The molecular formula is C16H17ClN2O2. The van der Waals surface area contributed by atoms with Gasteiger partial charge in [0.15, 0.2) is 0 Å². The molecular weight excluding hydrogens is 288 g/mol. The number of carbonyl (C=O) groups excluding carboxylic acids is 1. The van der Waals surface area contributed by atoms with Crippen LogP contribution in [0.3, 0.4) is 0 Å². The Hall–Kier alpha value is -1.81. The monoisotopic (exact) mass is 304 g/mol. The first-order valence-corrected chi connectivity index (χ1v) is 7.47. The van der Waals surface area contributed by atoms with Gasteiger partial charge in [0.2, 0.25) is 0 Å². The summed E-state index contributed by atoms with van der Waals surface area (Å²) < 4.78 is 4.96. The highest BCUT2D eigenvalue weighted by Gasteiger charge is 2.30. The number of carbonyl (C=O) groups is 1. The van der Waals surface area contributed by atoms with Crippen LogP contribution in [0.4, 0.5) is 5.69 Å². The van der Waals surface area contributed by atoms with Gasteiger partial charge in [-0.1, -0.05) is 11.6 Å². The second kappa shape index (κ2) is 5.90. The second-order valence-corrected chi connectivity index (χ2v) is 5.66. The standard InChI is InChI=1S/C16H17ClN2O2/c1-21-16(20)15-4-2-3-9-19(15)14-7-8-18-13-10-11(17)5-6-12(13)14/h5-8,10,15H,2-4,9H2,1H3. The van der Waals surface area contributed by atoms with E-state index in [9.17, 15) is 4.79 Å². The van der Waals surface area contributed by atoms with Crippen LogP contribution in [0, 0.1) is 0 Å². The third-order valence-corrected chi connectivity index (χ3v) is 4.20. The zero-order valence-corrected chi connectivity index (χ0v) is 12.6. The lowest BCUT2D eigenvalue weighted by Gasteiger charge is -2.36. The van der Waals surface area contributed by atoms with Crippen LogP contribution in [0.2, 0.25) is 5.02 Å². The summed E-state index contributed by atoms with van der Waals surface area (Å²) in [7, 11) is 1.44. The maximum absolute atomic E-state index is 12.0. The highest BCUT2D eigenvalue weighted by atomic mass is 35.5. The van der Waals surface area contributed by atoms with Crippen molar-refractivity contribution >= 4 is 34.2 Å². The van der Waals surface area contributed by atoms with Gasteiger partial charge in [0.25, 0.3) is 0 Å². The number of aromatic nitrogens is 1. The third-order valence-electron chi connectivity index (χ3n) is 3.97. The van der Waals surface area contributed by atoms with Crippen LogP contribution in [0.1, 0.15) is 19.3 Å². The topological polar surface area (TPSA) is 42.4 Å². The SMILES string of the molecule is COC(=O)C1CCCCN1c1ccnc2cc(Cl)ccc12. The molecule has 1 aliphatic heterocycles. The van der Waals surface area contributed by atoms with Crippen LogP contribution in [0.25, 0.3) is 10.9 Å². The Morgan fingerprint density at radius 1 is 1.38 bits per heavy atom. The molecule has 1 aromatic carbocycles. The summed E-state index contributed by atoms with van der Waals surface area (Å²) in [6.45, 7) is 0.849. The Morgan fingerprint density at radius 3 is 3.05 bits per heavy atom. The van der Waals surface area contributed by atoms with Crippen molar-refractivity contribution in [2.24, 2.45) is 0 Å². The van der Waals surface area contributed by atoms with Crippen molar-refractivity contribution in [1.82, 2.24) is 4.98 Å². The fourth-order valence-electron chi connectivity index (χ4n) is 2.96. The van der Waals surface area contributed by atoms with Crippen molar-refractivity contribution in [3.05, 3.63) is 35.5 Å². The van der Waals surface area contributed by atoms with Crippen LogP contribution < -0.4 is 4.90 Å². The molecule has 4 nitrogen and oxygen atoms in total. The Kier molecular flexibility index (Phi) is 3.97. The number of hydrogen-bond acceptors (Lipinski definition) is 4. The number of pyridine rings is 1. The molecule has 0 aliphatic carbocycles. The van der Waals surface area contributed by atoms with E-state index in [1.807, 2.05) is 24.3 Å². The lowest BCUT2D eigenvalue weighted by Crippen LogP contribution is -2.45. The first-order valence-electron chi connectivity index (χ1n) is 7.09. The number of hydrogen-bond donors (Lipinski definition) is 0. The quantitative estimate of drug-likeness (QED) is 0.797. The summed E-state index contributed by atoms with van der Waals surface area (Å²) in [4.78, 5) is 18.5. The van der Waals surface area contributed by atoms with Crippen molar-refractivity contribution < 1.29 is 9.53 Å². The van der Waals surface area contributed by atoms with Gasteiger partial charge in [-0.3, -0.25) is 4.98 Å². The molecule has 1 atom stereocenters. The Bertz CT molecular complexity index is 674. The first kappa shape index (κ1) is 14.1. The molecule has 0 amide bonds. The van der Waals surface area contributed by atoms with Crippen molar-refractivity contribution in [1.29, 1.82) is 0 Å². The molecule has 3 rings (SSSR count). The van der Waals surface area contributed by atoms with E-state index in [1.165, 1.54) is 7.11 Å². The van der Waals surface area contributed by atoms with E-state index in [4.69, 9.17) is 16.3 Å². The molecule has 110 valence electrons. The smallest absolute Gasteiger partial charge is 0.328 e. The number of benzene rings is 1. The molecule has 21 heavy (non-hydrogen) atoms. The summed E-state index contributed by atoms with van der Waals surface area (Å²) in [5, 5.41) is 1.67. The van der Waals surface area contributed by atoms with Crippen LogP contribution in [-0.2, 0) is 9.53 Å². The fraction of sp³-hybridized carbons (Fsp3) is 0.375. The minimum atomic E-state index is -0.218. The Balaban J connectivity index is 2.07. The van der Waals surface area contributed by atoms with Gasteiger partial charge in [-0.15, -0.1) is 0 Å². The average Bonchev–Trinajstić information content (AvgIpc) is 2.53. The van der Waals surface area contributed by atoms with Gasteiger partial charge in [0.05, 0.1) is 12.6 Å². The first-order chi connectivity index (χ1) is 10.2. The van der Waals surface area contributed by atoms with Crippen LogP contribution in [0.15, 0.2) is 30.5 Å². The zero-order valence-electron chi connectivity index (χ0n) is 11.9. The van der Waals surface area contributed by atoms with Gasteiger partial charge in [-0.25, -0.2) is 4.79 Å². The minimum absolute atomic E-state index is 0.173. The van der Waals surface area contributed by atoms with Gasteiger partial charge in [0, 0.05) is 28.8 Å².